The van der Waals surface area contributed by atoms with E-state index in [4.69, 9.17) is 5.73 Å². The second-order valence-electron chi connectivity index (χ2n) is 4.80. The van der Waals surface area contributed by atoms with Gasteiger partial charge in [0.15, 0.2) is 4.34 Å². The van der Waals surface area contributed by atoms with Crippen LogP contribution in [0.3, 0.4) is 0 Å². The number of aromatic nitrogens is 2. The molecule has 3 rings (SSSR count). The number of hydrogen-bond donors (Lipinski definition) is 2. The molecule has 1 aromatic rings. The highest BCUT2D eigenvalue weighted by molar-refractivity contribution is 8.01. The number of carbonyl (C=O) groups is 2. The van der Waals surface area contributed by atoms with Gasteiger partial charge in [-0.25, -0.2) is 4.79 Å². The van der Waals surface area contributed by atoms with E-state index in [1.54, 1.807) is 0 Å². The van der Waals surface area contributed by atoms with Crippen LogP contribution in [0.25, 0.3) is 0 Å². The standard InChI is InChI=1S/C12H14N4O3S3/c1-2-6-14-15-12(22-6)21-4-5-3-20-10-7(13)9(17)16(10)8(5)11(18)19/h7,10H,2-4,13H2,1H3,(H,18,19)/t7?,10-/m0/s1. The third kappa shape index (κ3) is 2.64. The molecule has 0 saturated carbocycles. The molecule has 0 aromatic carbocycles. The van der Waals surface area contributed by atoms with Crippen LogP contribution in [0, 0.1) is 0 Å². The predicted octanol–water partition coefficient (Wildman–Crippen LogP) is 0.774. The van der Waals surface area contributed by atoms with Crippen molar-refractivity contribution in [2.75, 3.05) is 11.5 Å². The monoisotopic (exact) mass is 358 g/mol. The van der Waals surface area contributed by atoms with Gasteiger partial charge in [-0.15, -0.1) is 22.0 Å². The van der Waals surface area contributed by atoms with Gasteiger partial charge in [-0.3, -0.25) is 9.69 Å². The number of nitrogens with two attached hydrogens (primary N) is 1. The van der Waals surface area contributed by atoms with Crippen LogP contribution < -0.4 is 5.73 Å². The number of amides is 1. The molecule has 1 saturated heterocycles. The minimum Gasteiger partial charge on any atom is -0.477 e. The molecule has 0 bridgehead atoms. The molecule has 3 heterocycles. The van der Waals surface area contributed by atoms with Gasteiger partial charge in [0.2, 0.25) is 5.91 Å². The average Bonchev–Trinajstić information content (AvgIpc) is 2.99. The maximum Gasteiger partial charge on any atom is 0.352 e. The molecule has 22 heavy (non-hydrogen) atoms. The number of rotatable bonds is 5. The van der Waals surface area contributed by atoms with E-state index in [0.29, 0.717) is 11.5 Å². The first-order valence-electron chi connectivity index (χ1n) is 6.63. The van der Waals surface area contributed by atoms with Gasteiger partial charge in [-0.05, 0) is 12.0 Å². The van der Waals surface area contributed by atoms with Crippen LogP contribution in [0.5, 0.6) is 0 Å². The van der Waals surface area contributed by atoms with Crippen molar-refractivity contribution in [2.24, 2.45) is 5.73 Å². The van der Waals surface area contributed by atoms with E-state index in [2.05, 4.69) is 10.2 Å². The van der Waals surface area contributed by atoms with E-state index >= 15 is 0 Å². The van der Waals surface area contributed by atoms with Crippen LogP contribution in [0.4, 0.5) is 0 Å². The number of β-lactam (4-membered cyclic amide) rings is 1. The number of carboxylic acid groups (broad SMARTS) is 1. The van der Waals surface area contributed by atoms with Crippen LogP contribution in [0.1, 0.15) is 11.9 Å². The molecule has 2 atom stereocenters. The molecule has 2 aliphatic rings. The van der Waals surface area contributed by atoms with E-state index in [1.807, 2.05) is 6.92 Å². The molecule has 118 valence electrons. The topological polar surface area (TPSA) is 109 Å². The zero-order valence-corrected chi connectivity index (χ0v) is 14.1. The molecule has 1 unspecified atom stereocenters. The normalized spacial score (nSPS) is 24.3. The highest BCUT2D eigenvalue weighted by atomic mass is 32.2. The minimum absolute atomic E-state index is 0.0863. The Kier molecular flexibility index (Phi) is 4.44. The number of carboxylic acids is 1. The summed E-state index contributed by atoms with van der Waals surface area (Å²) in [5, 5.41) is 18.3. The van der Waals surface area contributed by atoms with Gasteiger partial charge in [0.05, 0.1) is 0 Å². The lowest BCUT2D eigenvalue weighted by Crippen LogP contribution is -2.68. The lowest BCUT2D eigenvalue weighted by Gasteiger charge is -2.48. The number of hydrogen-bond acceptors (Lipinski definition) is 8. The summed E-state index contributed by atoms with van der Waals surface area (Å²) in [4.78, 5) is 24.7. The van der Waals surface area contributed by atoms with Gasteiger partial charge >= 0.3 is 5.97 Å². The molecule has 1 aromatic heterocycles. The molecule has 3 N–H and O–H groups in total. The molecule has 1 fully saturated rings. The lowest BCUT2D eigenvalue weighted by atomic mass is 10.0. The summed E-state index contributed by atoms with van der Waals surface area (Å²) >= 11 is 4.48. The quantitative estimate of drug-likeness (QED) is 0.587. The molecule has 1 amide bonds. The van der Waals surface area contributed by atoms with Gasteiger partial charge in [-0.1, -0.05) is 30.0 Å². The van der Waals surface area contributed by atoms with Gasteiger partial charge in [0.1, 0.15) is 22.1 Å². The van der Waals surface area contributed by atoms with Gasteiger partial charge in [0.25, 0.3) is 0 Å². The smallest absolute Gasteiger partial charge is 0.352 e. The van der Waals surface area contributed by atoms with E-state index < -0.39 is 12.0 Å². The number of nitrogens with zero attached hydrogens (tertiary/aromatic N) is 3. The third-order valence-electron chi connectivity index (χ3n) is 3.41. The molecule has 10 heteroatoms. The summed E-state index contributed by atoms with van der Waals surface area (Å²) in [7, 11) is 0. The highest BCUT2D eigenvalue weighted by Crippen LogP contribution is 2.40. The fourth-order valence-corrected chi connectivity index (χ4v) is 5.55. The van der Waals surface area contributed by atoms with E-state index in [-0.39, 0.29) is 17.0 Å². The summed E-state index contributed by atoms with van der Waals surface area (Å²) in [6.07, 6.45) is 0.832. The third-order valence-corrected chi connectivity index (χ3v) is 7.06. The highest BCUT2D eigenvalue weighted by Gasteiger charge is 2.51. The van der Waals surface area contributed by atoms with E-state index in [1.165, 1.54) is 39.8 Å². The number of aryl methyl sites for hydroxylation is 1. The molecular weight excluding hydrogens is 344 g/mol. The Bertz CT molecular complexity index is 660. The fraction of sp³-hybridized carbons (Fsp3) is 0.500. The van der Waals surface area contributed by atoms with Crippen molar-refractivity contribution in [2.45, 2.75) is 29.1 Å². The first-order valence-corrected chi connectivity index (χ1v) is 9.48. The summed E-state index contributed by atoms with van der Waals surface area (Å²) in [6.45, 7) is 2.01. The van der Waals surface area contributed by atoms with Crippen LogP contribution in [-0.2, 0) is 16.0 Å². The molecular formula is C12H14N4O3S3. The Morgan fingerprint density at radius 1 is 1.55 bits per heavy atom. The zero-order valence-electron chi connectivity index (χ0n) is 11.7. The van der Waals surface area contributed by atoms with Crippen LogP contribution >= 0.6 is 34.9 Å². The maximum atomic E-state index is 11.8. The van der Waals surface area contributed by atoms with E-state index in [0.717, 1.165) is 21.3 Å². The van der Waals surface area contributed by atoms with Crippen molar-refractivity contribution in [3.8, 4) is 0 Å². The maximum absolute atomic E-state index is 11.8. The van der Waals surface area contributed by atoms with Crippen LogP contribution in [0.2, 0.25) is 0 Å². The minimum atomic E-state index is -1.08. The summed E-state index contributed by atoms with van der Waals surface area (Å²) in [5.74, 6) is -0.344. The van der Waals surface area contributed by atoms with Crippen LogP contribution in [-0.4, -0.2) is 55.0 Å². The average molecular weight is 358 g/mol. The fourth-order valence-electron chi connectivity index (χ4n) is 2.28. The van der Waals surface area contributed by atoms with Gasteiger partial charge < -0.3 is 10.8 Å². The summed E-state index contributed by atoms with van der Waals surface area (Å²) in [5.41, 5.74) is 6.53. The zero-order chi connectivity index (χ0) is 15.9. The second kappa shape index (κ2) is 6.19. The van der Waals surface area contributed by atoms with E-state index in [9.17, 15) is 14.7 Å². The first kappa shape index (κ1) is 15.8. The Morgan fingerprint density at radius 3 is 2.95 bits per heavy atom. The molecule has 7 nitrogen and oxygen atoms in total. The second-order valence-corrected chi connectivity index (χ2v) is 8.19. The van der Waals surface area contributed by atoms with Gasteiger partial charge in [-0.2, -0.15) is 0 Å². The molecule has 0 aliphatic carbocycles. The van der Waals surface area contributed by atoms with Gasteiger partial charge in [0, 0.05) is 11.5 Å². The lowest BCUT2D eigenvalue weighted by molar-refractivity contribution is -0.147. The van der Waals surface area contributed by atoms with Crippen molar-refractivity contribution in [3.05, 3.63) is 16.3 Å². The molecule has 2 aliphatic heterocycles. The van der Waals surface area contributed by atoms with Crippen molar-refractivity contribution in [3.63, 3.8) is 0 Å². The molecule has 0 radical (unpaired) electrons. The predicted molar refractivity (Wildman–Crippen MR) is 85.7 cm³/mol. The van der Waals surface area contributed by atoms with Crippen molar-refractivity contribution < 1.29 is 14.7 Å². The Morgan fingerprint density at radius 2 is 2.32 bits per heavy atom. The summed E-state index contributed by atoms with van der Waals surface area (Å²) in [6, 6.07) is -0.594. The Balaban J connectivity index is 1.78. The Labute approximate surface area is 139 Å². The largest absolute Gasteiger partial charge is 0.477 e. The van der Waals surface area contributed by atoms with Crippen molar-refractivity contribution in [1.29, 1.82) is 0 Å². The number of aliphatic carboxylic acids is 1. The van der Waals surface area contributed by atoms with Crippen molar-refractivity contribution in [1.82, 2.24) is 15.1 Å². The van der Waals surface area contributed by atoms with Crippen molar-refractivity contribution >= 4 is 46.7 Å². The summed E-state index contributed by atoms with van der Waals surface area (Å²) < 4.78 is 0.813. The van der Waals surface area contributed by atoms with Crippen LogP contribution in [0.15, 0.2) is 15.6 Å². The molecule has 0 spiro atoms. The number of carbonyl (C=O) groups excluding carboxylic acids is 1. The number of fused-ring (bicyclic) bond motifs is 1. The first-order chi connectivity index (χ1) is 10.5. The SMILES string of the molecule is CCc1nnc(SCC2=C(C(=O)O)N3C(=O)C(N)[C@@H]3SC2)s1. The number of thioether (sulfide) groups is 2. The Hall–Kier alpha value is -1.10.